The van der Waals surface area contributed by atoms with E-state index >= 15 is 0 Å². The maximum atomic E-state index is 12.6. The molecule has 3 rings (SSSR count). The van der Waals surface area contributed by atoms with E-state index in [-0.39, 0.29) is 30.7 Å². The van der Waals surface area contributed by atoms with Crippen LogP contribution in [0.15, 0.2) is 22.8 Å². The molecular formula is C18H26N2O7. The fourth-order valence-electron chi connectivity index (χ4n) is 3.67. The summed E-state index contributed by atoms with van der Waals surface area (Å²) in [6.45, 7) is 1.13. The number of carbonyl (C=O) groups excluding carboxylic acids is 2. The number of aliphatic hydroxyl groups is 2. The molecule has 0 aromatic carbocycles. The number of aliphatic hydroxyl groups excluding tert-OH is 2. The van der Waals surface area contributed by atoms with Gasteiger partial charge in [-0.1, -0.05) is 0 Å². The molecule has 2 aliphatic heterocycles. The second kappa shape index (κ2) is 8.83. The molecule has 0 radical (unpaired) electrons. The van der Waals surface area contributed by atoms with Crippen molar-refractivity contribution in [1.82, 2.24) is 10.2 Å². The van der Waals surface area contributed by atoms with Gasteiger partial charge in [0.25, 0.3) is 5.91 Å². The minimum atomic E-state index is -1.19. The van der Waals surface area contributed by atoms with E-state index < -0.39 is 30.3 Å². The van der Waals surface area contributed by atoms with Crippen LogP contribution in [0.1, 0.15) is 29.8 Å². The summed E-state index contributed by atoms with van der Waals surface area (Å²) in [5.41, 5.74) is 0. The molecule has 2 saturated heterocycles. The number of rotatable bonds is 7. The summed E-state index contributed by atoms with van der Waals surface area (Å²) >= 11 is 0. The number of amides is 2. The monoisotopic (exact) mass is 382 g/mol. The van der Waals surface area contributed by atoms with Gasteiger partial charge in [-0.25, -0.2) is 0 Å². The van der Waals surface area contributed by atoms with Gasteiger partial charge in [0, 0.05) is 20.2 Å². The van der Waals surface area contributed by atoms with E-state index in [4.69, 9.17) is 13.9 Å². The fraction of sp³-hybridized carbons (Fsp3) is 0.667. The second-order valence-corrected chi connectivity index (χ2v) is 6.92. The molecule has 5 atom stereocenters. The quantitative estimate of drug-likeness (QED) is 0.583. The third kappa shape index (κ3) is 4.49. The van der Waals surface area contributed by atoms with Gasteiger partial charge in [0.2, 0.25) is 5.91 Å². The van der Waals surface area contributed by atoms with E-state index in [1.165, 1.54) is 12.3 Å². The standard InChI is InChI=1S/C18H26N2O7/c1-25-10-11-4-2-6-20(11)15(21)8-13-16(22)17(23)14(27-13)9-19-18(24)12-5-3-7-26-12/h3,5,7,11,13-14,16-17,22-23H,2,4,6,8-10H2,1H3,(H,19,24)/t11-,13+,14+,16-,17+/m0/s1. The Kier molecular flexibility index (Phi) is 6.48. The van der Waals surface area contributed by atoms with Crippen LogP contribution >= 0.6 is 0 Å². The van der Waals surface area contributed by atoms with Crippen molar-refractivity contribution in [2.75, 3.05) is 26.8 Å². The lowest BCUT2D eigenvalue weighted by atomic mass is 10.0. The SMILES string of the molecule is COC[C@@H]1CCCN1C(=O)C[C@H]1O[C@H](CNC(=O)c2ccco2)[C@@H](O)[C@H]1O. The summed E-state index contributed by atoms with van der Waals surface area (Å²) < 4.78 is 15.8. The van der Waals surface area contributed by atoms with Gasteiger partial charge in [0.1, 0.15) is 18.3 Å². The predicted molar refractivity (Wildman–Crippen MR) is 92.9 cm³/mol. The largest absolute Gasteiger partial charge is 0.459 e. The van der Waals surface area contributed by atoms with Gasteiger partial charge in [-0.3, -0.25) is 9.59 Å². The van der Waals surface area contributed by atoms with Crippen molar-refractivity contribution in [3.05, 3.63) is 24.2 Å². The number of hydrogen-bond donors (Lipinski definition) is 3. The number of nitrogens with one attached hydrogen (secondary N) is 1. The molecule has 2 aliphatic rings. The molecule has 1 aromatic rings. The highest BCUT2D eigenvalue weighted by Crippen LogP contribution is 2.26. The van der Waals surface area contributed by atoms with Crippen LogP contribution < -0.4 is 5.32 Å². The average molecular weight is 382 g/mol. The molecule has 0 unspecified atom stereocenters. The van der Waals surface area contributed by atoms with Crippen molar-refractivity contribution < 1.29 is 33.7 Å². The number of carbonyl (C=O) groups is 2. The van der Waals surface area contributed by atoms with E-state index in [9.17, 15) is 19.8 Å². The van der Waals surface area contributed by atoms with Crippen molar-refractivity contribution in [3.63, 3.8) is 0 Å². The number of furan rings is 1. The molecule has 1 aromatic heterocycles. The Labute approximate surface area is 157 Å². The Morgan fingerprint density at radius 2 is 2.11 bits per heavy atom. The number of methoxy groups -OCH3 is 1. The maximum absolute atomic E-state index is 12.6. The lowest BCUT2D eigenvalue weighted by molar-refractivity contribution is -0.137. The molecule has 3 N–H and O–H groups in total. The van der Waals surface area contributed by atoms with Gasteiger partial charge in [0.15, 0.2) is 5.76 Å². The van der Waals surface area contributed by atoms with Crippen LogP contribution in [0.25, 0.3) is 0 Å². The highest BCUT2D eigenvalue weighted by atomic mass is 16.5. The van der Waals surface area contributed by atoms with Crippen LogP contribution in [-0.4, -0.2) is 84.2 Å². The molecule has 150 valence electrons. The first kappa shape index (κ1) is 19.8. The van der Waals surface area contributed by atoms with E-state index in [1.54, 1.807) is 18.1 Å². The van der Waals surface area contributed by atoms with Crippen molar-refractivity contribution in [2.45, 2.75) is 49.7 Å². The number of nitrogens with zero attached hydrogens (tertiary/aromatic N) is 1. The highest BCUT2D eigenvalue weighted by molar-refractivity contribution is 5.91. The van der Waals surface area contributed by atoms with E-state index in [1.807, 2.05) is 0 Å². The molecule has 9 nitrogen and oxygen atoms in total. The average Bonchev–Trinajstić information content (AvgIpc) is 3.38. The molecule has 0 aliphatic carbocycles. The summed E-state index contributed by atoms with van der Waals surface area (Å²) in [6, 6.07) is 3.15. The zero-order valence-electron chi connectivity index (χ0n) is 15.2. The lowest BCUT2D eigenvalue weighted by Gasteiger charge is -2.26. The summed E-state index contributed by atoms with van der Waals surface area (Å²) in [5.74, 6) is -0.427. The van der Waals surface area contributed by atoms with E-state index in [0.29, 0.717) is 13.2 Å². The summed E-state index contributed by atoms with van der Waals surface area (Å²) in [5, 5.41) is 23.0. The molecule has 2 amide bonds. The summed E-state index contributed by atoms with van der Waals surface area (Å²) in [4.78, 5) is 26.2. The van der Waals surface area contributed by atoms with Gasteiger partial charge in [-0.15, -0.1) is 0 Å². The van der Waals surface area contributed by atoms with Crippen molar-refractivity contribution in [1.29, 1.82) is 0 Å². The first-order valence-electron chi connectivity index (χ1n) is 9.13. The van der Waals surface area contributed by atoms with Gasteiger partial charge in [-0.2, -0.15) is 0 Å². The first-order chi connectivity index (χ1) is 13.0. The zero-order valence-corrected chi connectivity index (χ0v) is 15.2. The molecule has 2 fully saturated rings. The molecule has 0 bridgehead atoms. The zero-order chi connectivity index (χ0) is 19.4. The van der Waals surface area contributed by atoms with Gasteiger partial charge in [-0.05, 0) is 25.0 Å². The third-order valence-corrected chi connectivity index (χ3v) is 5.10. The van der Waals surface area contributed by atoms with Crippen molar-refractivity contribution in [3.8, 4) is 0 Å². The fourth-order valence-corrected chi connectivity index (χ4v) is 3.67. The van der Waals surface area contributed by atoms with Crippen LogP contribution in [0.2, 0.25) is 0 Å². The smallest absolute Gasteiger partial charge is 0.287 e. The Morgan fingerprint density at radius 3 is 2.81 bits per heavy atom. The van der Waals surface area contributed by atoms with E-state index in [2.05, 4.69) is 5.32 Å². The summed E-state index contributed by atoms with van der Waals surface area (Å²) in [7, 11) is 1.60. The third-order valence-electron chi connectivity index (χ3n) is 5.10. The van der Waals surface area contributed by atoms with Crippen LogP contribution in [0.4, 0.5) is 0 Å². The Hall–Kier alpha value is -1.94. The first-order valence-corrected chi connectivity index (χ1v) is 9.13. The molecule has 3 heterocycles. The Balaban J connectivity index is 1.51. The number of ether oxygens (including phenoxy) is 2. The lowest BCUT2D eigenvalue weighted by Crippen LogP contribution is -2.42. The summed E-state index contributed by atoms with van der Waals surface area (Å²) in [6.07, 6.45) is -0.838. The minimum Gasteiger partial charge on any atom is -0.459 e. The topological polar surface area (TPSA) is 121 Å². The van der Waals surface area contributed by atoms with Gasteiger partial charge in [0.05, 0.1) is 31.4 Å². The van der Waals surface area contributed by atoms with Crippen LogP contribution in [-0.2, 0) is 14.3 Å². The maximum Gasteiger partial charge on any atom is 0.287 e. The molecule has 27 heavy (non-hydrogen) atoms. The predicted octanol–water partition coefficient (Wildman–Crippen LogP) is -0.474. The van der Waals surface area contributed by atoms with Gasteiger partial charge >= 0.3 is 0 Å². The Morgan fingerprint density at radius 1 is 1.33 bits per heavy atom. The van der Waals surface area contributed by atoms with Crippen LogP contribution in [0, 0.1) is 0 Å². The highest BCUT2D eigenvalue weighted by Gasteiger charge is 2.44. The minimum absolute atomic E-state index is 0.00152. The van der Waals surface area contributed by atoms with Crippen molar-refractivity contribution in [2.24, 2.45) is 0 Å². The van der Waals surface area contributed by atoms with E-state index in [0.717, 1.165) is 12.8 Å². The van der Waals surface area contributed by atoms with Crippen LogP contribution in [0.5, 0.6) is 0 Å². The van der Waals surface area contributed by atoms with Crippen molar-refractivity contribution >= 4 is 11.8 Å². The Bertz CT molecular complexity index is 636. The number of likely N-dealkylation sites (tertiary alicyclic amines) is 1. The molecular weight excluding hydrogens is 356 g/mol. The van der Waals surface area contributed by atoms with Crippen LogP contribution in [0.3, 0.4) is 0 Å². The number of hydrogen-bond acceptors (Lipinski definition) is 7. The molecule has 9 heteroatoms. The van der Waals surface area contributed by atoms with Gasteiger partial charge < -0.3 is 34.3 Å². The second-order valence-electron chi connectivity index (χ2n) is 6.92. The molecule has 0 spiro atoms. The normalized spacial score (nSPS) is 30.6. The molecule has 0 saturated carbocycles.